The van der Waals surface area contributed by atoms with E-state index in [0.29, 0.717) is 31.2 Å². The second-order valence-corrected chi connectivity index (χ2v) is 21.1. The van der Waals surface area contributed by atoms with Gasteiger partial charge in [0.25, 0.3) is 0 Å². The second-order valence-electron chi connectivity index (χ2n) is 20.0. The highest BCUT2D eigenvalue weighted by atomic mass is 32.2. The maximum Gasteiger partial charge on any atom is 0.331 e. The van der Waals surface area contributed by atoms with Crippen molar-refractivity contribution in [3.8, 4) is 0 Å². The molecule has 0 spiro atoms. The Morgan fingerprint density at radius 2 is 1.78 bits per heavy atom. The normalized spacial score (nSPS) is 47.2. The molecule has 0 radical (unpaired) electrons. The molecule has 4 aliphatic heterocycles. The largest absolute Gasteiger partial charge is 0.458 e. The summed E-state index contributed by atoms with van der Waals surface area (Å²) in [5.74, 6) is 2.62. The maximum absolute atomic E-state index is 12.6. The van der Waals surface area contributed by atoms with Gasteiger partial charge in [-0.25, -0.2) is 4.79 Å². The molecule has 3 saturated heterocycles. The van der Waals surface area contributed by atoms with Gasteiger partial charge in [0.1, 0.15) is 12.7 Å². The number of esters is 1. The predicted octanol–water partition coefficient (Wildman–Crippen LogP) is 4.55. The van der Waals surface area contributed by atoms with Crippen LogP contribution in [0.15, 0.2) is 11.6 Å². The van der Waals surface area contributed by atoms with Crippen molar-refractivity contribution in [1.82, 2.24) is 4.90 Å². The average Bonchev–Trinajstić information content (AvgIpc) is 3.66. The molecule has 8 aliphatic rings. The lowest BCUT2D eigenvalue weighted by atomic mass is 9.42. The van der Waals surface area contributed by atoms with Crippen molar-refractivity contribution in [2.24, 2.45) is 34.5 Å². The van der Waals surface area contributed by atoms with Gasteiger partial charge in [-0.1, -0.05) is 20.8 Å². The molecule has 0 bridgehead atoms. The Bertz CT molecular complexity index is 1490. The Kier molecular flexibility index (Phi) is 13.6. The average molecular weight is 852 g/mol. The summed E-state index contributed by atoms with van der Waals surface area (Å²) in [4.78, 5) is 14.5. The minimum Gasteiger partial charge on any atom is -0.458 e. The molecule has 0 aromatic heterocycles. The Morgan fingerprint density at radius 1 is 0.983 bits per heavy atom. The number of aliphatic hydroxyl groups excluding tert-OH is 3. The van der Waals surface area contributed by atoms with Crippen LogP contribution in [0.4, 0.5) is 0 Å². The van der Waals surface area contributed by atoms with Crippen LogP contribution >= 0.6 is 11.8 Å². The molecular formula is C45H73NO12S. The highest BCUT2D eigenvalue weighted by Crippen LogP contribution is 2.70. The lowest BCUT2D eigenvalue weighted by molar-refractivity contribution is -0.300. The van der Waals surface area contributed by atoms with Crippen LogP contribution in [0.5, 0.6) is 0 Å². The Hall–Kier alpha value is -0.880. The number of rotatable bonds is 13. The third-order valence-electron chi connectivity index (χ3n) is 16.8. The van der Waals surface area contributed by atoms with E-state index in [1.165, 1.54) is 11.5 Å². The molecule has 4 heterocycles. The Balaban J connectivity index is 0.821. The predicted molar refractivity (Wildman–Crippen MR) is 220 cm³/mol. The number of hydrogen-bond acceptors (Lipinski definition) is 14. The van der Waals surface area contributed by atoms with E-state index in [4.69, 9.17) is 33.2 Å². The molecule has 7 fully saturated rings. The SMILES string of the molecule is CC[C@@H](OC1CCN(C2CSC2)CC(C)O1)[C@@H](O)C[C@@H](OC)O[C@@H]1[C@H](C)O[C@@H](O[C@H]2CC[C@@]3(C)C(CCC4C3C[C@H](O)[C@]3(C)[C@@H](C5=CC(=O)OC5)CC[C@]43O)C2)C[C@@H]1O. The van der Waals surface area contributed by atoms with E-state index < -0.39 is 66.5 Å². The fourth-order valence-corrected chi connectivity index (χ4v) is 14.2. The third kappa shape index (κ3) is 8.47. The molecule has 0 amide bonds. The van der Waals surface area contributed by atoms with Crippen LogP contribution in [0.3, 0.4) is 0 Å². The van der Waals surface area contributed by atoms with E-state index in [9.17, 15) is 25.2 Å². The summed E-state index contributed by atoms with van der Waals surface area (Å²) >= 11 is 1.98. The lowest BCUT2D eigenvalue weighted by Crippen LogP contribution is -2.67. The van der Waals surface area contributed by atoms with Crippen molar-refractivity contribution in [3.05, 3.63) is 11.6 Å². The first-order chi connectivity index (χ1) is 28.2. The van der Waals surface area contributed by atoms with Gasteiger partial charge in [0, 0.05) is 68.5 Å². The molecule has 14 heteroatoms. The van der Waals surface area contributed by atoms with Crippen molar-refractivity contribution in [1.29, 1.82) is 0 Å². The summed E-state index contributed by atoms with van der Waals surface area (Å²) in [6.45, 7) is 12.5. The summed E-state index contributed by atoms with van der Waals surface area (Å²) in [6.07, 6.45) is 4.23. The zero-order valence-corrected chi connectivity index (χ0v) is 37.1. The summed E-state index contributed by atoms with van der Waals surface area (Å²) in [5.41, 5.74) is -0.842. The zero-order valence-electron chi connectivity index (χ0n) is 36.2. The van der Waals surface area contributed by atoms with Crippen LogP contribution in [-0.4, -0.2) is 149 Å². The first kappa shape index (κ1) is 44.7. The van der Waals surface area contributed by atoms with Crippen molar-refractivity contribution >= 4 is 17.7 Å². The highest BCUT2D eigenvalue weighted by molar-refractivity contribution is 8.00. The fourth-order valence-electron chi connectivity index (χ4n) is 13.3. The molecule has 59 heavy (non-hydrogen) atoms. The van der Waals surface area contributed by atoms with Gasteiger partial charge in [0.2, 0.25) is 0 Å². The first-order valence-electron chi connectivity index (χ1n) is 22.9. The number of ether oxygens (including phenoxy) is 7. The van der Waals surface area contributed by atoms with Crippen LogP contribution < -0.4 is 0 Å². The number of fused-ring (bicyclic) bond motifs is 5. The van der Waals surface area contributed by atoms with E-state index in [2.05, 4.69) is 25.7 Å². The summed E-state index contributed by atoms with van der Waals surface area (Å²) in [7, 11) is 1.55. The van der Waals surface area contributed by atoms with E-state index in [-0.39, 0.29) is 60.8 Å². The van der Waals surface area contributed by atoms with Crippen LogP contribution in [0.25, 0.3) is 0 Å². The molecule has 18 atom stereocenters. The van der Waals surface area contributed by atoms with Gasteiger partial charge in [-0.2, -0.15) is 11.8 Å². The molecular weight excluding hydrogens is 779 g/mol. The van der Waals surface area contributed by atoms with Gasteiger partial charge in [0.05, 0.1) is 48.3 Å². The highest BCUT2D eigenvalue weighted by Gasteiger charge is 2.71. The third-order valence-corrected chi connectivity index (χ3v) is 18.1. The van der Waals surface area contributed by atoms with Gasteiger partial charge in [-0.3, -0.25) is 4.90 Å². The van der Waals surface area contributed by atoms with Gasteiger partial charge in [-0.05, 0) is 106 Å². The number of carbonyl (C=O) groups is 1. The number of aliphatic hydroxyl groups is 4. The van der Waals surface area contributed by atoms with Gasteiger partial charge >= 0.3 is 5.97 Å². The molecule has 5 unspecified atom stereocenters. The van der Waals surface area contributed by atoms with Gasteiger partial charge in [0.15, 0.2) is 18.9 Å². The quantitative estimate of drug-likeness (QED) is 0.116. The van der Waals surface area contributed by atoms with Crippen LogP contribution in [0.2, 0.25) is 0 Å². The van der Waals surface area contributed by atoms with E-state index >= 15 is 0 Å². The van der Waals surface area contributed by atoms with Crippen molar-refractivity contribution in [3.63, 3.8) is 0 Å². The van der Waals surface area contributed by atoms with Crippen LogP contribution in [-0.2, 0) is 38.0 Å². The minimum absolute atomic E-state index is 0.0235. The first-order valence-corrected chi connectivity index (χ1v) is 24.1. The number of hydrogen-bond donors (Lipinski definition) is 4. The zero-order chi connectivity index (χ0) is 41.9. The molecule has 4 saturated carbocycles. The topological polar surface area (TPSA) is 166 Å². The summed E-state index contributed by atoms with van der Waals surface area (Å²) in [5, 5.41) is 47.3. The van der Waals surface area contributed by atoms with Crippen LogP contribution in [0, 0.1) is 34.5 Å². The van der Waals surface area contributed by atoms with E-state index in [1.54, 1.807) is 13.2 Å². The maximum atomic E-state index is 12.6. The van der Waals surface area contributed by atoms with E-state index in [0.717, 1.165) is 63.6 Å². The number of methoxy groups -OCH3 is 1. The fraction of sp³-hybridized carbons (Fsp3) is 0.933. The van der Waals surface area contributed by atoms with Crippen molar-refractivity contribution in [2.75, 3.05) is 38.3 Å². The molecule has 8 rings (SSSR count). The van der Waals surface area contributed by atoms with Crippen molar-refractivity contribution < 1.29 is 58.4 Å². The minimum atomic E-state index is -1.00. The number of cyclic esters (lactones) is 1. The molecule has 336 valence electrons. The smallest absolute Gasteiger partial charge is 0.331 e. The number of nitrogens with zero attached hydrogens (tertiary/aromatic N) is 1. The molecule has 0 aromatic carbocycles. The van der Waals surface area contributed by atoms with Gasteiger partial charge < -0.3 is 53.6 Å². The van der Waals surface area contributed by atoms with E-state index in [1.807, 2.05) is 25.6 Å². The lowest BCUT2D eigenvalue weighted by Gasteiger charge is -2.65. The molecule has 13 nitrogen and oxygen atoms in total. The Labute approximate surface area is 355 Å². The molecule has 4 N–H and O–H groups in total. The van der Waals surface area contributed by atoms with Gasteiger partial charge in [-0.15, -0.1) is 0 Å². The van der Waals surface area contributed by atoms with Crippen LogP contribution in [0.1, 0.15) is 112 Å². The monoisotopic (exact) mass is 851 g/mol. The Morgan fingerprint density at radius 3 is 2.46 bits per heavy atom. The van der Waals surface area contributed by atoms with Crippen molar-refractivity contribution in [2.45, 2.75) is 191 Å². The standard InChI is InChI=1S/C45H73NO12S/c1-7-36(57-39-12-15-46(21-25(2)54-39)29-23-59-24-29)34(47)19-40(52-6)58-42-26(3)55-41(20-35(42)48)56-30-10-13-43(4)28(17-30)8-9-32-33(43)18-37(49)44(5)31(11-14-45(32,44)51)27-16-38(50)53-22-27/h16,25-26,28-37,39-42,47-49,51H,7-15,17-24H2,1-6H3/t25?,26-,28?,30-,31+,32?,33?,34-,35-,36+,37-,39?,40-,41-,42+,43-,44-,45-/m0/s1. The second kappa shape index (κ2) is 17.9. The number of thioether (sulfide) groups is 1. The summed E-state index contributed by atoms with van der Waals surface area (Å²) < 4.78 is 42.9. The number of carbonyl (C=O) groups excluding carboxylic acids is 1. The molecule has 0 aromatic rings. The molecule has 4 aliphatic carbocycles. The summed E-state index contributed by atoms with van der Waals surface area (Å²) in [6, 6.07) is 0.615.